The first-order chi connectivity index (χ1) is 19.4. The molecule has 3 aromatic rings. The second-order valence-electron chi connectivity index (χ2n) is 9.58. The summed E-state index contributed by atoms with van der Waals surface area (Å²) in [6.45, 7) is 0. The molecule has 2 amide bonds. The van der Waals surface area contributed by atoms with Crippen molar-refractivity contribution in [3.63, 3.8) is 0 Å². The van der Waals surface area contributed by atoms with Gasteiger partial charge in [-0.25, -0.2) is 4.90 Å². The van der Waals surface area contributed by atoms with Gasteiger partial charge in [0, 0.05) is 41.8 Å². The van der Waals surface area contributed by atoms with Gasteiger partial charge in [0.1, 0.15) is 5.54 Å². The van der Waals surface area contributed by atoms with E-state index in [0.717, 1.165) is 11.0 Å². The quantitative estimate of drug-likeness (QED) is 0.160. The lowest BCUT2D eigenvalue weighted by Gasteiger charge is -2.31. The number of carboxylic acids is 1. The van der Waals surface area contributed by atoms with Crippen LogP contribution in [-0.4, -0.2) is 38.3 Å². The summed E-state index contributed by atoms with van der Waals surface area (Å²) < 4.78 is 0. The first-order valence-electron chi connectivity index (χ1n) is 11.9. The molecule has 0 saturated carbocycles. The zero-order chi connectivity index (χ0) is 29.8. The Kier molecular flexibility index (Phi) is 7.20. The van der Waals surface area contributed by atoms with Gasteiger partial charge in [0.2, 0.25) is 11.8 Å². The van der Waals surface area contributed by atoms with Gasteiger partial charge in [-0.1, -0.05) is 53.0 Å². The van der Waals surface area contributed by atoms with Gasteiger partial charge in [0.15, 0.2) is 0 Å². The minimum atomic E-state index is -2.11. The molecule has 0 aliphatic carbocycles. The second kappa shape index (κ2) is 10.4. The average molecular weight is 620 g/mol. The number of nitro benzene ring substituents is 2. The molecular formula is C26H17Cl3N4O8. The smallest absolute Gasteiger partial charge is 0.325 e. The number of nitrogens with one attached hydrogen (secondary N) is 1. The predicted molar refractivity (Wildman–Crippen MR) is 147 cm³/mol. The minimum absolute atomic E-state index is 0.0158. The third-order valence-corrected chi connectivity index (χ3v) is 8.36. The molecule has 3 aromatic carbocycles. The van der Waals surface area contributed by atoms with Gasteiger partial charge in [-0.05, 0) is 29.3 Å². The lowest BCUT2D eigenvalue weighted by atomic mass is 9.76. The number of nitrogens with zero attached hydrogens (tertiary/aromatic N) is 3. The van der Waals surface area contributed by atoms with Crippen molar-refractivity contribution < 1.29 is 29.3 Å². The van der Waals surface area contributed by atoms with E-state index in [1.54, 1.807) is 0 Å². The summed E-state index contributed by atoms with van der Waals surface area (Å²) >= 11 is 18.9. The molecule has 2 saturated heterocycles. The zero-order valence-corrected chi connectivity index (χ0v) is 22.8. The van der Waals surface area contributed by atoms with E-state index < -0.39 is 51.0 Å². The number of anilines is 1. The van der Waals surface area contributed by atoms with E-state index in [9.17, 15) is 39.7 Å². The van der Waals surface area contributed by atoms with Gasteiger partial charge in [0.25, 0.3) is 11.4 Å². The molecule has 2 fully saturated rings. The molecule has 2 aliphatic heterocycles. The maximum absolute atomic E-state index is 14.0. The molecule has 0 radical (unpaired) electrons. The molecule has 0 spiro atoms. The number of hydrogen-bond acceptors (Lipinski definition) is 8. The van der Waals surface area contributed by atoms with Crippen LogP contribution in [0.3, 0.4) is 0 Å². The highest BCUT2D eigenvalue weighted by molar-refractivity contribution is 6.43. The Morgan fingerprint density at radius 2 is 1.61 bits per heavy atom. The van der Waals surface area contributed by atoms with Crippen LogP contribution in [0.2, 0.25) is 15.1 Å². The molecule has 4 unspecified atom stereocenters. The van der Waals surface area contributed by atoms with Gasteiger partial charge in [-0.15, -0.1) is 0 Å². The number of carboxylic acid groups (broad SMARTS) is 1. The predicted octanol–water partition coefficient (Wildman–Crippen LogP) is 4.98. The van der Waals surface area contributed by atoms with E-state index in [2.05, 4.69) is 5.32 Å². The molecule has 210 valence electrons. The number of amides is 2. The number of non-ortho nitro benzene ring substituents is 2. The number of benzene rings is 3. The summed E-state index contributed by atoms with van der Waals surface area (Å²) in [5, 5.41) is 36.2. The largest absolute Gasteiger partial charge is 0.480 e. The van der Waals surface area contributed by atoms with E-state index in [4.69, 9.17) is 34.8 Å². The molecule has 2 aliphatic rings. The molecule has 41 heavy (non-hydrogen) atoms. The summed E-state index contributed by atoms with van der Waals surface area (Å²) in [7, 11) is 0. The number of rotatable bonds is 7. The maximum atomic E-state index is 14.0. The van der Waals surface area contributed by atoms with Gasteiger partial charge in [0.05, 0.1) is 37.4 Å². The zero-order valence-electron chi connectivity index (χ0n) is 20.5. The van der Waals surface area contributed by atoms with Gasteiger partial charge in [-0.2, -0.15) is 0 Å². The Labute approximate surface area is 245 Å². The van der Waals surface area contributed by atoms with Crippen molar-refractivity contribution >= 4 is 69.6 Å². The second-order valence-corrected chi connectivity index (χ2v) is 10.8. The SMILES string of the molecule is O=C1C2C(c3cc(Cl)cc(Cl)c3Cl)NC(Cc3ccc([N+](=O)[O-])cc3)(C(=O)O)C2C(=O)N1c1cccc([N+](=O)[O-])c1. The molecule has 12 nitrogen and oxygen atoms in total. The van der Waals surface area contributed by atoms with E-state index in [-0.39, 0.29) is 44.1 Å². The van der Waals surface area contributed by atoms with Crippen LogP contribution in [0, 0.1) is 32.1 Å². The molecule has 2 heterocycles. The van der Waals surface area contributed by atoms with Crippen molar-refractivity contribution in [1.29, 1.82) is 0 Å². The van der Waals surface area contributed by atoms with Crippen molar-refractivity contribution in [1.82, 2.24) is 5.32 Å². The van der Waals surface area contributed by atoms with E-state index in [1.807, 2.05) is 0 Å². The number of nitro groups is 2. The van der Waals surface area contributed by atoms with Crippen molar-refractivity contribution in [3.05, 3.63) is 107 Å². The van der Waals surface area contributed by atoms with Crippen LogP contribution in [0.5, 0.6) is 0 Å². The van der Waals surface area contributed by atoms with E-state index in [0.29, 0.717) is 5.56 Å². The summed E-state index contributed by atoms with van der Waals surface area (Å²) in [5.74, 6) is -6.02. The Balaban J connectivity index is 1.68. The first kappa shape index (κ1) is 28.4. The average Bonchev–Trinajstić information content (AvgIpc) is 3.40. The summed E-state index contributed by atoms with van der Waals surface area (Å²) in [6, 6.07) is 11.6. The Morgan fingerprint density at radius 1 is 0.951 bits per heavy atom. The molecule has 0 bridgehead atoms. The molecule has 0 aromatic heterocycles. The standard InChI is InChI=1S/C26H17Cl3N4O8/c27-13-8-17(21(29)18(28)9-13)22-19-20(24(35)31(23(19)34)15-2-1-3-16(10-15)33(40)41)26(30-22,25(36)37)11-12-4-6-14(7-5-12)32(38)39/h1-10,19-20,22,30H,11H2,(H,36,37). The fraction of sp³-hybridized carbons (Fsp3) is 0.192. The van der Waals surface area contributed by atoms with Gasteiger partial charge < -0.3 is 5.11 Å². The fourth-order valence-corrected chi connectivity index (χ4v) is 6.30. The van der Waals surface area contributed by atoms with Crippen molar-refractivity contribution in [2.75, 3.05) is 4.90 Å². The number of aliphatic carboxylic acids is 1. The lowest BCUT2D eigenvalue weighted by Crippen LogP contribution is -2.57. The third kappa shape index (κ3) is 4.68. The highest BCUT2D eigenvalue weighted by atomic mass is 35.5. The first-order valence-corrected chi connectivity index (χ1v) is 13.0. The van der Waals surface area contributed by atoms with Crippen LogP contribution in [0.1, 0.15) is 17.2 Å². The summed E-state index contributed by atoms with van der Waals surface area (Å²) in [4.78, 5) is 62.9. The van der Waals surface area contributed by atoms with Crippen LogP contribution < -0.4 is 10.2 Å². The Bertz CT molecular complexity index is 1650. The number of imide groups is 1. The van der Waals surface area contributed by atoms with Crippen LogP contribution in [0.25, 0.3) is 0 Å². The number of carbonyl (C=O) groups excluding carboxylic acids is 2. The minimum Gasteiger partial charge on any atom is -0.480 e. The van der Waals surface area contributed by atoms with Crippen LogP contribution in [0.4, 0.5) is 17.1 Å². The third-order valence-electron chi connectivity index (χ3n) is 7.32. The number of halogens is 3. The van der Waals surface area contributed by atoms with E-state index >= 15 is 0 Å². The van der Waals surface area contributed by atoms with Gasteiger partial charge >= 0.3 is 5.97 Å². The molecule has 5 rings (SSSR count). The topological polar surface area (TPSA) is 173 Å². The van der Waals surface area contributed by atoms with Crippen molar-refractivity contribution in [3.8, 4) is 0 Å². The van der Waals surface area contributed by atoms with Gasteiger partial charge in [-0.3, -0.25) is 39.9 Å². The highest BCUT2D eigenvalue weighted by Crippen LogP contribution is 2.53. The van der Waals surface area contributed by atoms with Crippen LogP contribution in [-0.2, 0) is 20.8 Å². The normalized spacial score (nSPS) is 23.5. The number of carbonyl (C=O) groups is 3. The van der Waals surface area contributed by atoms with Crippen molar-refractivity contribution in [2.24, 2.45) is 11.8 Å². The molecule has 4 atom stereocenters. The molecule has 15 heteroatoms. The van der Waals surface area contributed by atoms with Crippen LogP contribution >= 0.6 is 34.8 Å². The molecular weight excluding hydrogens is 603 g/mol. The number of hydrogen-bond donors (Lipinski definition) is 2. The Hall–Kier alpha value is -4.10. The maximum Gasteiger partial charge on any atom is 0.325 e. The monoisotopic (exact) mass is 618 g/mol. The highest BCUT2D eigenvalue weighted by Gasteiger charge is 2.69. The lowest BCUT2D eigenvalue weighted by molar-refractivity contribution is -0.385. The molecule has 2 N–H and O–H groups in total. The fourth-order valence-electron chi connectivity index (χ4n) is 5.56. The Morgan fingerprint density at radius 3 is 2.22 bits per heavy atom. The van der Waals surface area contributed by atoms with Crippen molar-refractivity contribution in [2.45, 2.75) is 18.0 Å². The summed E-state index contributed by atoms with van der Waals surface area (Å²) in [5.41, 5.74) is -2.31. The summed E-state index contributed by atoms with van der Waals surface area (Å²) in [6.07, 6.45) is -0.355. The number of fused-ring (bicyclic) bond motifs is 1. The van der Waals surface area contributed by atoms with Crippen LogP contribution in [0.15, 0.2) is 60.7 Å². The van der Waals surface area contributed by atoms with E-state index in [1.165, 1.54) is 54.6 Å².